The Labute approximate surface area is 98.3 Å². The van der Waals surface area contributed by atoms with Crippen LogP contribution in [0.3, 0.4) is 0 Å². The Morgan fingerprint density at radius 2 is 2.21 bits per heavy atom. The molecule has 0 heterocycles. The second kappa shape index (κ2) is 4.79. The first-order valence-electron chi connectivity index (χ1n) is 3.75. The van der Waals surface area contributed by atoms with Gasteiger partial charge in [-0.1, -0.05) is 15.9 Å². The second-order valence-electron chi connectivity index (χ2n) is 2.57. The molecule has 0 aliphatic carbocycles. The van der Waals surface area contributed by atoms with Gasteiger partial charge in [0.1, 0.15) is 0 Å². The fourth-order valence-corrected chi connectivity index (χ4v) is 1.95. The molecule has 0 fully saturated rings. The van der Waals surface area contributed by atoms with Crippen LogP contribution in [-0.2, 0) is 0 Å². The number of methoxy groups -OCH3 is 1. The Balaban J connectivity index is 3.20. The molecule has 0 amide bonds. The van der Waals surface area contributed by atoms with E-state index in [0.717, 1.165) is 0 Å². The molecule has 0 aliphatic heterocycles. The van der Waals surface area contributed by atoms with Gasteiger partial charge in [0, 0.05) is 5.56 Å². The minimum Gasteiger partial charge on any atom is -0.504 e. The van der Waals surface area contributed by atoms with Crippen molar-refractivity contribution in [3.05, 3.63) is 22.2 Å². The van der Waals surface area contributed by atoms with Gasteiger partial charge < -0.3 is 9.84 Å². The zero-order chi connectivity index (χ0) is 10.7. The molecular formula is C9H8Br2O3. The number of halogens is 2. The highest BCUT2D eigenvalue weighted by atomic mass is 79.9. The predicted octanol–water partition coefficient (Wildman–Crippen LogP) is 2.74. The minimum absolute atomic E-state index is 0.0498. The van der Waals surface area contributed by atoms with Gasteiger partial charge in [-0.2, -0.15) is 0 Å². The van der Waals surface area contributed by atoms with E-state index in [1.54, 1.807) is 6.07 Å². The number of phenols is 1. The summed E-state index contributed by atoms with van der Waals surface area (Å²) in [5, 5.41) is 9.72. The van der Waals surface area contributed by atoms with Crippen LogP contribution in [0.2, 0.25) is 0 Å². The Morgan fingerprint density at radius 3 is 2.64 bits per heavy atom. The third kappa shape index (κ3) is 2.27. The topological polar surface area (TPSA) is 46.5 Å². The molecule has 1 rings (SSSR count). The van der Waals surface area contributed by atoms with E-state index < -0.39 is 0 Å². The van der Waals surface area contributed by atoms with Crippen molar-refractivity contribution in [1.82, 2.24) is 0 Å². The van der Waals surface area contributed by atoms with Crippen LogP contribution in [0, 0.1) is 0 Å². The Bertz CT molecular complexity index is 340. The summed E-state index contributed by atoms with van der Waals surface area (Å²) >= 11 is 6.26. The lowest BCUT2D eigenvalue weighted by Crippen LogP contribution is -2.00. The molecule has 0 atom stereocenters. The lowest BCUT2D eigenvalue weighted by Gasteiger charge is -2.07. The Morgan fingerprint density at radius 1 is 1.57 bits per heavy atom. The molecular weight excluding hydrogens is 316 g/mol. The molecule has 0 aromatic heterocycles. The SMILES string of the molecule is COc1c(O)cc(C(=O)CBr)cc1Br. The van der Waals surface area contributed by atoms with E-state index >= 15 is 0 Å². The molecule has 1 N–H and O–H groups in total. The fourth-order valence-electron chi connectivity index (χ4n) is 1.02. The summed E-state index contributed by atoms with van der Waals surface area (Å²) in [5.74, 6) is 0.186. The minimum atomic E-state index is -0.0938. The van der Waals surface area contributed by atoms with Gasteiger partial charge in [0.15, 0.2) is 17.3 Å². The van der Waals surface area contributed by atoms with E-state index in [4.69, 9.17) is 4.74 Å². The van der Waals surface area contributed by atoms with E-state index in [-0.39, 0.29) is 16.9 Å². The van der Waals surface area contributed by atoms with Crippen LogP contribution in [-0.4, -0.2) is 23.3 Å². The van der Waals surface area contributed by atoms with E-state index in [9.17, 15) is 9.90 Å². The average molecular weight is 324 g/mol. The number of alkyl halides is 1. The summed E-state index contributed by atoms with van der Waals surface area (Å²) in [7, 11) is 1.45. The van der Waals surface area contributed by atoms with E-state index in [0.29, 0.717) is 15.8 Å². The van der Waals surface area contributed by atoms with Crippen LogP contribution in [0.25, 0.3) is 0 Å². The van der Waals surface area contributed by atoms with Gasteiger partial charge >= 0.3 is 0 Å². The number of ether oxygens (including phenoxy) is 1. The van der Waals surface area contributed by atoms with Gasteiger partial charge in [0.2, 0.25) is 0 Å². The molecule has 0 aliphatic rings. The molecule has 0 bridgehead atoms. The van der Waals surface area contributed by atoms with Gasteiger partial charge in [-0.25, -0.2) is 0 Å². The molecule has 1 aromatic carbocycles. The van der Waals surface area contributed by atoms with Gasteiger partial charge in [-0.05, 0) is 28.1 Å². The number of aromatic hydroxyl groups is 1. The van der Waals surface area contributed by atoms with E-state index in [1.807, 2.05) is 0 Å². The summed E-state index contributed by atoms with van der Waals surface area (Å²) in [6.07, 6.45) is 0. The summed E-state index contributed by atoms with van der Waals surface area (Å²) in [6, 6.07) is 3.00. The standard InChI is InChI=1S/C9H8Br2O3/c1-14-9-6(11)2-5(3-7(9)12)8(13)4-10/h2-3,12H,4H2,1H3. The number of carbonyl (C=O) groups excluding carboxylic acids is 1. The van der Waals surface area contributed by atoms with Crippen LogP contribution in [0.5, 0.6) is 11.5 Å². The number of hydrogen-bond acceptors (Lipinski definition) is 3. The number of hydrogen-bond donors (Lipinski definition) is 1. The number of carbonyl (C=O) groups is 1. The highest BCUT2D eigenvalue weighted by Crippen LogP contribution is 2.35. The highest BCUT2D eigenvalue weighted by molar-refractivity contribution is 9.10. The monoisotopic (exact) mass is 322 g/mol. The lowest BCUT2D eigenvalue weighted by molar-refractivity contribution is 0.102. The molecule has 0 unspecified atom stereocenters. The molecule has 0 saturated heterocycles. The molecule has 5 heteroatoms. The van der Waals surface area contributed by atoms with Crippen molar-refractivity contribution in [2.24, 2.45) is 0 Å². The molecule has 0 saturated carbocycles. The van der Waals surface area contributed by atoms with Crippen molar-refractivity contribution < 1.29 is 14.6 Å². The summed E-state index contributed by atoms with van der Waals surface area (Å²) in [6.45, 7) is 0. The lowest BCUT2D eigenvalue weighted by atomic mass is 10.1. The first-order valence-corrected chi connectivity index (χ1v) is 5.67. The number of ketones is 1. The van der Waals surface area contributed by atoms with Crippen molar-refractivity contribution >= 4 is 37.6 Å². The smallest absolute Gasteiger partial charge is 0.174 e. The van der Waals surface area contributed by atoms with Gasteiger partial charge in [0.05, 0.1) is 16.9 Å². The molecule has 14 heavy (non-hydrogen) atoms. The maximum absolute atomic E-state index is 11.3. The largest absolute Gasteiger partial charge is 0.504 e. The summed E-state index contributed by atoms with van der Waals surface area (Å²) in [4.78, 5) is 11.3. The van der Waals surface area contributed by atoms with Gasteiger partial charge in [-0.15, -0.1) is 0 Å². The zero-order valence-electron chi connectivity index (χ0n) is 7.38. The van der Waals surface area contributed by atoms with Crippen LogP contribution in [0.4, 0.5) is 0 Å². The van der Waals surface area contributed by atoms with E-state index in [1.165, 1.54) is 13.2 Å². The van der Waals surface area contributed by atoms with Crippen LogP contribution in [0.1, 0.15) is 10.4 Å². The highest BCUT2D eigenvalue weighted by Gasteiger charge is 2.12. The maximum Gasteiger partial charge on any atom is 0.174 e. The van der Waals surface area contributed by atoms with Crippen molar-refractivity contribution in [1.29, 1.82) is 0 Å². The maximum atomic E-state index is 11.3. The third-order valence-electron chi connectivity index (χ3n) is 1.67. The molecule has 3 nitrogen and oxygen atoms in total. The number of phenolic OH excluding ortho intramolecular Hbond substituents is 1. The van der Waals surface area contributed by atoms with Crippen LogP contribution >= 0.6 is 31.9 Å². The summed E-state index contributed by atoms with van der Waals surface area (Å²) < 4.78 is 5.48. The second-order valence-corrected chi connectivity index (χ2v) is 3.98. The molecule has 0 spiro atoms. The third-order valence-corrected chi connectivity index (χ3v) is 2.77. The molecule has 1 aromatic rings. The number of rotatable bonds is 3. The number of Topliss-reactive ketones (excluding diaryl/α,β-unsaturated/α-hetero) is 1. The van der Waals surface area contributed by atoms with Crippen molar-refractivity contribution in [2.45, 2.75) is 0 Å². The predicted molar refractivity (Wildman–Crippen MR) is 60.5 cm³/mol. The van der Waals surface area contributed by atoms with Crippen molar-refractivity contribution in [3.8, 4) is 11.5 Å². The Kier molecular flexibility index (Phi) is 3.95. The number of benzene rings is 1. The van der Waals surface area contributed by atoms with Crippen LogP contribution in [0.15, 0.2) is 16.6 Å². The van der Waals surface area contributed by atoms with E-state index in [2.05, 4.69) is 31.9 Å². The average Bonchev–Trinajstić information content (AvgIpc) is 2.16. The quantitative estimate of drug-likeness (QED) is 0.687. The zero-order valence-corrected chi connectivity index (χ0v) is 10.6. The van der Waals surface area contributed by atoms with Crippen LogP contribution < -0.4 is 4.74 Å². The normalized spacial score (nSPS) is 9.93. The Hall–Kier alpha value is -0.550. The van der Waals surface area contributed by atoms with Crippen molar-refractivity contribution in [2.75, 3.05) is 12.4 Å². The first-order chi connectivity index (χ1) is 6.60. The molecule has 0 radical (unpaired) electrons. The fraction of sp³-hybridized carbons (Fsp3) is 0.222. The first kappa shape index (κ1) is 11.5. The van der Waals surface area contributed by atoms with Crippen molar-refractivity contribution in [3.63, 3.8) is 0 Å². The van der Waals surface area contributed by atoms with Gasteiger partial charge in [-0.3, -0.25) is 4.79 Å². The summed E-state index contributed by atoms with van der Waals surface area (Å²) in [5.41, 5.74) is 0.437. The van der Waals surface area contributed by atoms with Gasteiger partial charge in [0.25, 0.3) is 0 Å². The molecule has 76 valence electrons.